The van der Waals surface area contributed by atoms with Gasteiger partial charge in [0.2, 0.25) is 5.91 Å². The Labute approximate surface area is 178 Å². The molecule has 1 atom stereocenters. The molecular weight excluding hydrogens is 410 g/mol. The minimum absolute atomic E-state index is 0.0651. The normalized spacial score (nSPS) is 21.7. The minimum atomic E-state index is -0.359. The number of amides is 1. The summed E-state index contributed by atoms with van der Waals surface area (Å²) < 4.78 is 10.7. The first-order chi connectivity index (χ1) is 14.1. The summed E-state index contributed by atoms with van der Waals surface area (Å²) in [7, 11) is 0. The van der Waals surface area contributed by atoms with Crippen molar-refractivity contribution in [2.45, 2.75) is 26.3 Å². The Kier molecular flexibility index (Phi) is 6.07. The van der Waals surface area contributed by atoms with Crippen LogP contribution in [0.2, 0.25) is 0 Å². The van der Waals surface area contributed by atoms with Gasteiger partial charge in [-0.3, -0.25) is 4.79 Å². The average molecular weight is 434 g/mol. The van der Waals surface area contributed by atoms with E-state index in [-0.39, 0.29) is 24.3 Å². The summed E-state index contributed by atoms with van der Waals surface area (Å²) in [6.45, 7) is 6.31. The topological polar surface area (TPSA) is 71.4 Å². The molecule has 4 heterocycles. The van der Waals surface area contributed by atoms with Crippen LogP contribution < -0.4 is 0 Å². The van der Waals surface area contributed by atoms with Crippen LogP contribution in [-0.4, -0.2) is 59.8 Å². The third kappa shape index (κ3) is 3.99. The number of carbonyl (C=O) groups is 2. The van der Waals surface area contributed by atoms with E-state index < -0.39 is 0 Å². The summed E-state index contributed by atoms with van der Waals surface area (Å²) in [5, 5.41) is 4.75. The number of nitrogens with zero attached hydrogens (tertiary/aromatic N) is 3. The number of fused-ring (bicyclic) bond motifs is 1. The largest absolute Gasteiger partial charge is 0.463 e. The molecule has 0 saturated carbocycles. The second kappa shape index (κ2) is 8.73. The third-order valence-corrected chi connectivity index (χ3v) is 6.82. The minimum Gasteiger partial charge on any atom is -0.463 e. The molecule has 29 heavy (non-hydrogen) atoms. The molecule has 0 spiro atoms. The molecule has 0 aromatic carbocycles. The molecule has 0 radical (unpaired) electrons. The molecule has 0 N–H and O–H groups in total. The summed E-state index contributed by atoms with van der Waals surface area (Å²) >= 11 is 3.07. The third-order valence-electron chi connectivity index (χ3n) is 5.00. The highest BCUT2D eigenvalue weighted by Crippen LogP contribution is 2.46. The number of carbonyl (C=O) groups excluding carboxylic acids is 2. The monoisotopic (exact) mass is 433 g/mol. The van der Waals surface area contributed by atoms with Crippen molar-refractivity contribution >= 4 is 40.1 Å². The highest BCUT2D eigenvalue weighted by atomic mass is 32.2. The van der Waals surface area contributed by atoms with Crippen LogP contribution in [0.15, 0.2) is 44.9 Å². The van der Waals surface area contributed by atoms with Gasteiger partial charge in [0.25, 0.3) is 0 Å². The molecule has 1 aromatic rings. The first kappa shape index (κ1) is 20.2. The van der Waals surface area contributed by atoms with Crippen LogP contribution in [0.25, 0.3) is 0 Å². The lowest BCUT2D eigenvalue weighted by molar-refractivity contribution is -0.139. The van der Waals surface area contributed by atoms with Gasteiger partial charge in [0.15, 0.2) is 5.17 Å². The Bertz CT molecular complexity index is 886. The average Bonchev–Trinajstić information content (AvgIpc) is 3.38. The van der Waals surface area contributed by atoms with Gasteiger partial charge < -0.3 is 19.3 Å². The van der Waals surface area contributed by atoms with Crippen LogP contribution in [0.3, 0.4) is 0 Å². The van der Waals surface area contributed by atoms with Gasteiger partial charge in [-0.2, -0.15) is 0 Å². The van der Waals surface area contributed by atoms with Gasteiger partial charge in [-0.05, 0) is 30.7 Å². The number of allylic oxidation sites excluding steroid dienone is 1. The quantitative estimate of drug-likeness (QED) is 0.665. The Balaban J connectivity index is 1.64. The molecule has 0 bridgehead atoms. The Hall–Kier alpha value is -2.10. The Morgan fingerprint density at radius 2 is 2.14 bits per heavy atom. The van der Waals surface area contributed by atoms with Gasteiger partial charge in [-0.25, -0.2) is 9.79 Å². The van der Waals surface area contributed by atoms with Crippen molar-refractivity contribution in [3.63, 3.8) is 0 Å². The van der Waals surface area contributed by atoms with Gasteiger partial charge in [-0.15, -0.1) is 11.3 Å². The van der Waals surface area contributed by atoms with E-state index in [1.807, 2.05) is 39.6 Å². The van der Waals surface area contributed by atoms with Crippen molar-refractivity contribution in [1.29, 1.82) is 0 Å². The van der Waals surface area contributed by atoms with Crippen LogP contribution >= 0.6 is 23.1 Å². The summed E-state index contributed by atoms with van der Waals surface area (Å²) in [5.74, 6) is -0.294. The van der Waals surface area contributed by atoms with Crippen LogP contribution in [0.1, 0.15) is 31.2 Å². The Morgan fingerprint density at radius 3 is 2.83 bits per heavy atom. The molecule has 1 unspecified atom stereocenters. The molecule has 0 aliphatic carbocycles. The molecule has 1 amide bonds. The molecule has 1 saturated heterocycles. The standard InChI is InChI=1S/C20H23N3O4S2/c1-3-27-19(25)17-13(2)21-20-23(18(17)15-5-4-10-28-15)14(12-29-20)11-16(24)22-6-8-26-9-7-22/h4-5,10,12,18H,3,6-9,11H2,1-2H3. The number of hydrogen-bond acceptors (Lipinski definition) is 8. The number of esters is 1. The first-order valence-electron chi connectivity index (χ1n) is 9.60. The van der Waals surface area contributed by atoms with Gasteiger partial charge in [0.05, 0.1) is 37.5 Å². The fourth-order valence-electron chi connectivity index (χ4n) is 3.64. The molecule has 3 aliphatic heterocycles. The van der Waals surface area contributed by atoms with E-state index in [4.69, 9.17) is 9.47 Å². The maximum atomic E-state index is 12.9. The van der Waals surface area contributed by atoms with Crippen LogP contribution in [0.5, 0.6) is 0 Å². The number of thiophene rings is 1. The van der Waals surface area contributed by atoms with Crippen molar-refractivity contribution in [2.24, 2.45) is 4.99 Å². The molecule has 154 valence electrons. The molecule has 4 rings (SSSR count). The highest BCUT2D eigenvalue weighted by molar-refractivity contribution is 8.16. The van der Waals surface area contributed by atoms with Crippen LogP contribution in [-0.2, 0) is 19.1 Å². The highest BCUT2D eigenvalue weighted by Gasteiger charge is 2.41. The van der Waals surface area contributed by atoms with Crippen molar-refractivity contribution in [3.8, 4) is 0 Å². The van der Waals surface area contributed by atoms with Crippen molar-refractivity contribution in [3.05, 3.63) is 44.8 Å². The first-order valence-corrected chi connectivity index (χ1v) is 11.4. The van der Waals surface area contributed by atoms with E-state index >= 15 is 0 Å². The second-order valence-electron chi connectivity index (χ2n) is 6.80. The molecule has 3 aliphatic rings. The molecule has 1 fully saturated rings. The number of aliphatic imine (C=N–C) groups is 1. The van der Waals surface area contributed by atoms with Gasteiger partial charge in [-0.1, -0.05) is 17.8 Å². The van der Waals surface area contributed by atoms with Crippen LogP contribution in [0, 0.1) is 0 Å². The summed E-state index contributed by atoms with van der Waals surface area (Å²) in [5.41, 5.74) is 2.05. The van der Waals surface area contributed by atoms with Crippen molar-refractivity contribution in [2.75, 3.05) is 32.9 Å². The zero-order chi connectivity index (χ0) is 20.4. The SMILES string of the molecule is CCOC(=O)C1=C(C)N=C2SC=C(CC(=O)N3CCOCC3)N2C1c1cccs1. The maximum Gasteiger partial charge on any atom is 0.338 e. The summed E-state index contributed by atoms with van der Waals surface area (Å²) in [6.07, 6.45) is 0.267. The van der Waals surface area contributed by atoms with E-state index in [9.17, 15) is 9.59 Å². The molecular formula is C20H23N3O4S2. The number of rotatable bonds is 5. The van der Waals surface area contributed by atoms with E-state index in [1.54, 1.807) is 18.3 Å². The van der Waals surface area contributed by atoms with Gasteiger partial charge >= 0.3 is 5.97 Å². The summed E-state index contributed by atoms with van der Waals surface area (Å²) in [6, 6.07) is 3.64. The number of ether oxygens (including phenoxy) is 2. The Morgan fingerprint density at radius 1 is 1.34 bits per heavy atom. The maximum absolute atomic E-state index is 12.9. The van der Waals surface area contributed by atoms with Crippen molar-refractivity contribution < 1.29 is 19.1 Å². The summed E-state index contributed by atoms with van der Waals surface area (Å²) in [4.78, 5) is 35.2. The van der Waals surface area contributed by atoms with Crippen LogP contribution in [0.4, 0.5) is 0 Å². The lowest BCUT2D eigenvalue weighted by Crippen LogP contribution is -2.42. The fourth-order valence-corrected chi connectivity index (χ4v) is 5.42. The predicted octanol–water partition coefficient (Wildman–Crippen LogP) is 3.14. The molecule has 1 aromatic heterocycles. The van der Waals surface area contributed by atoms with E-state index in [0.29, 0.717) is 44.2 Å². The number of morpholine rings is 1. The lowest BCUT2D eigenvalue weighted by atomic mass is 9.99. The number of thioether (sulfide) groups is 1. The van der Waals surface area contributed by atoms with E-state index in [1.165, 1.54) is 11.8 Å². The second-order valence-corrected chi connectivity index (χ2v) is 8.61. The van der Waals surface area contributed by atoms with E-state index in [2.05, 4.69) is 4.99 Å². The lowest BCUT2D eigenvalue weighted by Gasteiger charge is -2.36. The molecule has 7 nitrogen and oxygen atoms in total. The smallest absolute Gasteiger partial charge is 0.338 e. The number of amidine groups is 1. The number of hydrogen-bond donors (Lipinski definition) is 0. The van der Waals surface area contributed by atoms with Crippen molar-refractivity contribution in [1.82, 2.24) is 9.80 Å². The van der Waals surface area contributed by atoms with Gasteiger partial charge in [0, 0.05) is 23.7 Å². The predicted molar refractivity (Wildman–Crippen MR) is 113 cm³/mol. The van der Waals surface area contributed by atoms with E-state index in [0.717, 1.165) is 15.7 Å². The van der Waals surface area contributed by atoms with Gasteiger partial charge in [0.1, 0.15) is 6.04 Å². The molecule has 9 heteroatoms. The fraction of sp³-hybridized carbons (Fsp3) is 0.450. The zero-order valence-electron chi connectivity index (χ0n) is 16.4. The zero-order valence-corrected chi connectivity index (χ0v) is 18.1.